The number of hydrogen-bond donors (Lipinski definition) is 1. The second-order valence-electron chi connectivity index (χ2n) is 4.54. The molecule has 0 radical (unpaired) electrons. The van der Waals surface area contributed by atoms with Crippen LogP contribution < -0.4 is 5.32 Å². The first kappa shape index (κ1) is 15.2. The number of nitrogens with zero attached hydrogens (tertiary/aromatic N) is 1. The Morgan fingerprint density at radius 1 is 1.33 bits per heavy atom. The molecule has 0 aliphatic heterocycles. The molecule has 0 saturated heterocycles. The van der Waals surface area contributed by atoms with Crippen LogP contribution in [0.4, 0.5) is 10.1 Å². The van der Waals surface area contributed by atoms with E-state index in [1.165, 1.54) is 12.1 Å². The number of carbonyl (C=O) groups excluding carboxylic acids is 1. The zero-order chi connectivity index (χ0) is 15.4. The number of halogens is 2. The van der Waals surface area contributed by atoms with Crippen LogP contribution in [0.2, 0.25) is 0 Å². The van der Waals surface area contributed by atoms with Crippen molar-refractivity contribution in [3.63, 3.8) is 0 Å². The van der Waals surface area contributed by atoms with Gasteiger partial charge in [-0.3, -0.25) is 4.79 Å². The molecule has 21 heavy (non-hydrogen) atoms. The molecule has 2 rings (SSSR count). The third-order valence-electron chi connectivity index (χ3n) is 3.05. The summed E-state index contributed by atoms with van der Waals surface area (Å²) >= 11 is 3.08. The lowest BCUT2D eigenvalue weighted by atomic mass is 9.99. The fourth-order valence-corrected chi connectivity index (χ4v) is 2.26. The first-order valence-electron chi connectivity index (χ1n) is 6.24. The minimum absolute atomic E-state index is 0.261. The predicted octanol–water partition coefficient (Wildman–Crippen LogP) is 4.14. The van der Waals surface area contributed by atoms with Crippen LogP contribution in [0.5, 0.6) is 0 Å². The van der Waals surface area contributed by atoms with E-state index in [9.17, 15) is 14.4 Å². The molecule has 1 unspecified atom stereocenters. The van der Waals surface area contributed by atoms with Crippen molar-refractivity contribution in [3.05, 3.63) is 63.9 Å². The van der Waals surface area contributed by atoms with Gasteiger partial charge in [-0.15, -0.1) is 0 Å². The number of nitrogens with one attached hydrogen (secondary N) is 1. The molecule has 0 spiro atoms. The van der Waals surface area contributed by atoms with E-state index in [4.69, 9.17) is 0 Å². The molecule has 2 aromatic carbocycles. The van der Waals surface area contributed by atoms with Crippen LogP contribution in [0.15, 0.2) is 46.9 Å². The van der Waals surface area contributed by atoms with Gasteiger partial charge >= 0.3 is 0 Å². The molecule has 1 N–H and O–H groups in total. The van der Waals surface area contributed by atoms with E-state index in [1.807, 2.05) is 12.1 Å². The molecule has 0 aliphatic rings. The Kier molecular flexibility index (Phi) is 4.71. The third kappa shape index (κ3) is 3.47. The van der Waals surface area contributed by atoms with Crippen LogP contribution in [0.3, 0.4) is 0 Å². The zero-order valence-electron chi connectivity index (χ0n) is 11.2. The molecule has 0 saturated carbocycles. The van der Waals surface area contributed by atoms with Gasteiger partial charge in [0.15, 0.2) is 5.92 Å². The Labute approximate surface area is 130 Å². The average Bonchev–Trinajstić information content (AvgIpc) is 2.46. The number of hydrogen-bond acceptors (Lipinski definition) is 2. The van der Waals surface area contributed by atoms with Gasteiger partial charge in [0.1, 0.15) is 5.82 Å². The first-order chi connectivity index (χ1) is 10.0. The molecule has 3 nitrogen and oxygen atoms in total. The molecule has 1 atom stereocenters. The average molecular weight is 347 g/mol. The number of rotatable bonds is 3. The number of nitriles is 1. The lowest BCUT2D eigenvalue weighted by Crippen LogP contribution is -2.20. The molecule has 2 aromatic rings. The lowest BCUT2D eigenvalue weighted by Gasteiger charge is -2.13. The number of aryl methyl sites for hydroxylation is 1. The molecule has 0 bridgehead atoms. The van der Waals surface area contributed by atoms with E-state index < -0.39 is 17.6 Å². The molecule has 0 heterocycles. The van der Waals surface area contributed by atoms with E-state index in [0.29, 0.717) is 16.8 Å². The molecule has 5 heteroatoms. The fourth-order valence-electron chi connectivity index (χ4n) is 1.92. The zero-order valence-corrected chi connectivity index (χ0v) is 12.8. The van der Waals surface area contributed by atoms with E-state index in [2.05, 4.69) is 21.2 Å². The largest absolute Gasteiger partial charge is 0.324 e. The Morgan fingerprint density at radius 3 is 2.62 bits per heavy atom. The third-order valence-corrected chi connectivity index (χ3v) is 3.66. The number of amides is 1. The van der Waals surface area contributed by atoms with Crippen LogP contribution in [-0.2, 0) is 4.79 Å². The van der Waals surface area contributed by atoms with Crippen molar-refractivity contribution in [2.24, 2.45) is 0 Å². The molecular weight excluding hydrogens is 335 g/mol. The summed E-state index contributed by atoms with van der Waals surface area (Å²) in [6.07, 6.45) is 0. The van der Waals surface area contributed by atoms with Crippen LogP contribution >= 0.6 is 15.9 Å². The Morgan fingerprint density at radius 2 is 2.00 bits per heavy atom. The van der Waals surface area contributed by atoms with E-state index in [1.54, 1.807) is 31.2 Å². The van der Waals surface area contributed by atoms with Gasteiger partial charge in [-0.2, -0.15) is 5.26 Å². The van der Waals surface area contributed by atoms with Crippen molar-refractivity contribution in [1.29, 1.82) is 5.26 Å². The Balaban J connectivity index is 2.25. The van der Waals surface area contributed by atoms with Crippen molar-refractivity contribution in [2.75, 3.05) is 5.32 Å². The number of carbonyl (C=O) groups is 1. The van der Waals surface area contributed by atoms with Crippen molar-refractivity contribution < 1.29 is 9.18 Å². The maximum Gasteiger partial charge on any atom is 0.246 e. The first-order valence-corrected chi connectivity index (χ1v) is 7.03. The van der Waals surface area contributed by atoms with Gasteiger partial charge < -0.3 is 5.32 Å². The monoisotopic (exact) mass is 346 g/mol. The molecule has 0 fully saturated rings. The van der Waals surface area contributed by atoms with E-state index >= 15 is 0 Å². The highest BCUT2D eigenvalue weighted by molar-refractivity contribution is 9.10. The summed E-state index contributed by atoms with van der Waals surface area (Å²) in [5.41, 5.74) is 1.69. The fraction of sp³-hybridized carbons (Fsp3) is 0.125. The van der Waals surface area contributed by atoms with Crippen molar-refractivity contribution in [3.8, 4) is 6.07 Å². The van der Waals surface area contributed by atoms with Crippen LogP contribution in [0.25, 0.3) is 0 Å². The molecular formula is C16H12BrFN2O. The van der Waals surface area contributed by atoms with Crippen LogP contribution in [0.1, 0.15) is 17.0 Å². The normalized spacial score (nSPS) is 11.5. The van der Waals surface area contributed by atoms with E-state index in [0.717, 1.165) is 0 Å². The lowest BCUT2D eigenvalue weighted by molar-refractivity contribution is -0.116. The van der Waals surface area contributed by atoms with Crippen LogP contribution in [0, 0.1) is 24.1 Å². The predicted molar refractivity (Wildman–Crippen MR) is 82.3 cm³/mol. The highest BCUT2D eigenvalue weighted by Gasteiger charge is 2.20. The highest BCUT2D eigenvalue weighted by atomic mass is 79.9. The van der Waals surface area contributed by atoms with Gasteiger partial charge in [-0.1, -0.05) is 30.3 Å². The second kappa shape index (κ2) is 6.51. The maximum absolute atomic E-state index is 13.4. The van der Waals surface area contributed by atoms with Gasteiger partial charge in [0.05, 0.1) is 10.5 Å². The molecule has 0 aromatic heterocycles. The van der Waals surface area contributed by atoms with Crippen LogP contribution in [-0.4, -0.2) is 5.91 Å². The summed E-state index contributed by atoms with van der Waals surface area (Å²) in [6.45, 7) is 1.69. The summed E-state index contributed by atoms with van der Waals surface area (Å²) in [5, 5.41) is 11.9. The molecule has 0 aliphatic carbocycles. The van der Waals surface area contributed by atoms with Crippen molar-refractivity contribution in [1.82, 2.24) is 0 Å². The SMILES string of the molecule is Cc1cc(F)c(Br)cc1NC(=O)C(C#N)c1ccccc1. The maximum atomic E-state index is 13.4. The van der Waals surface area contributed by atoms with Gasteiger partial charge in [0, 0.05) is 5.69 Å². The Hall–Kier alpha value is -2.19. The Bertz CT molecular complexity index is 710. The molecule has 1 amide bonds. The van der Waals surface area contributed by atoms with Gasteiger partial charge in [0.2, 0.25) is 5.91 Å². The summed E-state index contributed by atoms with van der Waals surface area (Å²) in [7, 11) is 0. The summed E-state index contributed by atoms with van der Waals surface area (Å²) < 4.78 is 13.6. The smallest absolute Gasteiger partial charge is 0.246 e. The van der Waals surface area contributed by atoms with Gasteiger partial charge in [0.25, 0.3) is 0 Å². The summed E-state index contributed by atoms with van der Waals surface area (Å²) in [4.78, 5) is 12.2. The van der Waals surface area contributed by atoms with Crippen molar-refractivity contribution in [2.45, 2.75) is 12.8 Å². The minimum Gasteiger partial charge on any atom is -0.324 e. The second-order valence-corrected chi connectivity index (χ2v) is 5.40. The minimum atomic E-state index is -0.908. The van der Waals surface area contributed by atoms with E-state index in [-0.39, 0.29) is 4.47 Å². The standard InChI is InChI=1S/C16H12BrFN2O/c1-10-7-14(18)13(17)8-15(10)20-16(21)12(9-19)11-5-3-2-4-6-11/h2-8,12H,1H3,(H,20,21). The molecule has 106 valence electrons. The topological polar surface area (TPSA) is 52.9 Å². The quantitative estimate of drug-likeness (QED) is 0.907. The van der Waals surface area contributed by atoms with Gasteiger partial charge in [-0.05, 0) is 46.1 Å². The highest BCUT2D eigenvalue weighted by Crippen LogP contribution is 2.25. The number of benzene rings is 2. The van der Waals surface area contributed by atoms with Gasteiger partial charge in [-0.25, -0.2) is 4.39 Å². The summed E-state index contributed by atoms with van der Waals surface area (Å²) in [6, 6.07) is 13.6. The summed E-state index contributed by atoms with van der Waals surface area (Å²) in [5.74, 6) is -1.75. The number of anilines is 1. The van der Waals surface area contributed by atoms with Crippen molar-refractivity contribution >= 4 is 27.5 Å².